The van der Waals surface area contributed by atoms with Crippen molar-refractivity contribution in [3.63, 3.8) is 0 Å². The van der Waals surface area contributed by atoms with Crippen LogP contribution in [0.4, 0.5) is 11.5 Å². The average Bonchev–Trinajstić information content (AvgIpc) is 3.67. The molecule has 0 bridgehead atoms. The van der Waals surface area contributed by atoms with Crippen LogP contribution in [0.25, 0.3) is 11.1 Å². The molecule has 1 aromatic carbocycles. The number of carbonyl (C=O) groups is 1. The lowest BCUT2D eigenvalue weighted by molar-refractivity contribution is 0.102. The molecule has 10 heteroatoms. The Morgan fingerprint density at radius 2 is 1.91 bits per heavy atom. The molecule has 0 radical (unpaired) electrons. The minimum atomic E-state index is -0.512. The third kappa shape index (κ3) is 4.70. The summed E-state index contributed by atoms with van der Waals surface area (Å²) >= 11 is 0. The first-order valence-corrected chi connectivity index (χ1v) is 12.0. The van der Waals surface area contributed by atoms with E-state index in [1.807, 2.05) is 24.3 Å². The van der Waals surface area contributed by atoms with Gasteiger partial charge >= 0.3 is 0 Å². The fourth-order valence-electron chi connectivity index (χ4n) is 3.94. The van der Waals surface area contributed by atoms with Gasteiger partial charge < -0.3 is 19.9 Å². The summed E-state index contributed by atoms with van der Waals surface area (Å²) in [6, 6.07) is 7.94. The molecule has 1 aliphatic heterocycles. The summed E-state index contributed by atoms with van der Waals surface area (Å²) in [5.74, 6) is 1.09. The SMILES string of the molecule is O=C(Nc1c(-c2cc(P)ccc2P)ccnc1N1CCOCC1)c1cnc(C2CC2)[nH]c1=O. The van der Waals surface area contributed by atoms with Crippen LogP contribution in [0, 0.1) is 0 Å². The highest BCUT2D eigenvalue weighted by Gasteiger charge is 2.27. The molecule has 1 saturated heterocycles. The van der Waals surface area contributed by atoms with Gasteiger partial charge in [0.05, 0.1) is 18.9 Å². The van der Waals surface area contributed by atoms with E-state index in [-0.39, 0.29) is 5.56 Å². The fraction of sp³-hybridized carbons (Fsp3) is 0.304. The third-order valence-electron chi connectivity index (χ3n) is 5.88. The van der Waals surface area contributed by atoms with E-state index in [2.05, 4.69) is 43.6 Å². The molecule has 170 valence electrons. The van der Waals surface area contributed by atoms with Gasteiger partial charge in [-0.1, -0.05) is 12.1 Å². The predicted octanol–water partition coefficient (Wildman–Crippen LogP) is 1.80. The lowest BCUT2D eigenvalue weighted by Gasteiger charge is -2.30. The van der Waals surface area contributed by atoms with Crippen molar-refractivity contribution >= 4 is 46.5 Å². The molecule has 1 aliphatic carbocycles. The van der Waals surface area contributed by atoms with Crippen LogP contribution in [0.1, 0.15) is 34.9 Å². The molecule has 2 N–H and O–H groups in total. The number of hydrogen-bond donors (Lipinski definition) is 2. The first-order chi connectivity index (χ1) is 16.0. The van der Waals surface area contributed by atoms with Crippen LogP contribution in [-0.2, 0) is 4.74 Å². The van der Waals surface area contributed by atoms with E-state index in [9.17, 15) is 9.59 Å². The maximum atomic E-state index is 13.3. The number of nitrogens with one attached hydrogen (secondary N) is 2. The van der Waals surface area contributed by atoms with E-state index in [0.717, 1.165) is 34.6 Å². The molecule has 2 unspecified atom stereocenters. The zero-order valence-electron chi connectivity index (χ0n) is 18.0. The Hall–Kier alpha value is -2.66. The molecule has 3 heterocycles. The Bertz CT molecular complexity index is 1270. The zero-order valence-corrected chi connectivity index (χ0v) is 20.3. The Morgan fingerprint density at radius 3 is 2.64 bits per heavy atom. The summed E-state index contributed by atoms with van der Waals surface area (Å²) in [5.41, 5.74) is 1.90. The van der Waals surface area contributed by atoms with Crippen molar-refractivity contribution in [1.82, 2.24) is 15.0 Å². The molecule has 33 heavy (non-hydrogen) atoms. The van der Waals surface area contributed by atoms with Crippen LogP contribution in [-0.4, -0.2) is 47.2 Å². The maximum absolute atomic E-state index is 13.3. The standard InChI is InChI=1S/C23H25N5O3P2/c29-22(17-12-25-20(13-1-2-13)27-23(17)30)26-19-15(16-11-14(32)3-4-18(16)33)5-6-24-21(19)28-7-9-31-10-8-28/h3-6,11-13H,1-2,7-10,32-33H2,(H,26,29)(H,25,27,30). The Kier molecular flexibility index (Phi) is 6.24. The Morgan fingerprint density at radius 1 is 1.12 bits per heavy atom. The van der Waals surface area contributed by atoms with Crippen LogP contribution >= 0.6 is 18.5 Å². The monoisotopic (exact) mass is 481 g/mol. The summed E-state index contributed by atoms with van der Waals surface area (Å²) < 4.78 is 5.50. The number of carbonyl (C=O) groups excluding carboxylic acids is 1. The van der Waals surface area contributed by atoms with Gasteiger partial charge in [-0.3, -0.25) is 9.59 Å². The molecule has 3 aromatic rings. The molecule has 0 spiro atoms. The van der Waals surface area contributed by atoms with Crippen LogP contribution in [0.15, 0.2) is 41.5 Å². The van der Waals surface area contributed by atoms with Gasteiger partial charge in [-0.25, -0.2) is 9.97 Å². The number of rotatable bonds is 5. The Balaban J connectivity index is 1.57. The van der Waals surface area contributed by atoms with E-state index in [0.29, 0.717) is 49.6 Å². The number of aromatic nitrogens is 3. The number of nitrogens with zero attached hydrogens (tertiary/aromatic N) is 3. The van der Waals surface area contributed by atoms with Crippen LogP contribution in [0.2, 0.25) is 0 Å². The van der Waals surface area contributed by atoms with Crippen molar-refractivity contribution in [3.05, 3.63) is 58.4 Å². The summed E-state index contributed by atoms with van der Waals surface area (Å²) in [4.78, 5) is 39.7. The van der Waals surface area contributed by atoms with Gasteiger partial charge in [0.25, 0.3) is 11.5 Å². The van der Waals surface area contributed by atoms with Gasteiger partial charge in [-0.05, 0) is 41.1 Å². The first-order valence-electron chi connectivity index (χ1n) is 10.9. The van der Waals surface area contributed by atoms with Crippen LogP contribution < -0.4 is 26.4 Å². The molecule has 1 saturated carbocycles. The van der Waals surface area contributed by atoms with Gasteiger partial charge in [-0.2, -0.15) is 0 Å². The number of morpholine rings is 1. The number of hydrogen-bond acceptors (Lipinski definition) is 6. The quantitative estimate of drug-likeness (QED) is 0.540. The predicted molar refractivity (Wildman–Crippen MR) is 136 cm³/mol. The first kappa shape index (κ1) is 22.1. The molecule has 5 rings (SSSR count). The topological polar surface area (TPSA) is 100 Å². The number of pyridine rings is 1. The fourth-order valence-corrected chi connectivity index (χ4v) is 4.53. The second-order valence-corrected chi connectivity index (χ2v) is 9.53. The molecular formula is C23H25N5O3P2. The number of amides is 1. The van der Waals surface area contributed by atoms with Crippen molar-refractivity contribution in [2.24, 2.45) is 0 Å². The summed E-state index contributed by atoms with van der Waals surface area (Å²) in [5, 5.41) is 5.00. The van der Waals surface area contributed by atoms with E-state index in [1.54, 1.807) is 6.20 Å². The van der Waals surface area contributed by atoms with Gasteiger partial charge in [0, 0.05) is 37.0 Å². The zero-order chi connectivity index (χ0) is 22.9. The van der Waals surface area contributed by atoms with E-state index in [4.69, 9.17) is 4.74 Å². The minimum Gasteiger partial charge on any atom is -0.378 e. The molecule has 2 aliphatic rings. The molecule has 2 atom stereocenters. The molecule has 8 nitrogen and oxygen atoms in total. The Labute approximate surface area is 196 Å². The summed E-state index contributed by atoms with van der Waals surface area (Å²) in [6.07, 6.45) is 5.15. The van der Waals surface area contributed by atoms with Crippen molar-refractivity contribution in [2.45, 2.75) is 18.8 Å². The number of ether oxygens (including phenoxy) is 1. The van der Waals surface area contributed by atoms with Crippen molar-refractivity contribution in [2.75, 3.05) is 36.5 Å². The summed E-state index contributed by atoms with van der Waals surface area (Å²) in [6.45, 7) is 2.49. The van der Waals surface area contributed by atoms with Crippen molar-refractivity contribution in [3.8, 4) is 11.1 Å². The number of aromatic amines is 1. The molecular weight excluding hydrogens is 456 g/mol. The third-order valence-corrected chi connectivity index (χ3v) is 6.74. The van der Waals surface area contributed by atoms with Gasteiger partial charge in [0.1, 0.15) is 11.4 Å². The van der Waals surface area contributed by atoms with E-state index < -0.39 is 11.5 Å². The number of anilines is 2. The highest BCUT2D eigenvalue weighted by atomic mass is 31.0. The molecule has 2 fully saturated rings. The van der Waals surface area contributed by atoms with Crippen LogP contribution in [0.3, 0.4) is 0 Å². The second kappa shape index (κ2) is 9.30. The van der Waals surface area contributed by atoms with Gasteiger partial charge in [-0.15, -0.1) is 18.5 Å². The van der Waals surface area contributed by atoms with Gasteiger partial charge in [0.15, 0.2) is 5.82 Å². The lowest BCUT2D eigenvalue weighted by Crippen LogP contribution is -2.37. The number of benzene rings is 1. The highest BCUT2D eigenvalue weighted by Crippen LogP contribution is 2.37. The maximum Gasteiger partial charge on any atom is 0.263 e. The van der Waals surface area contributed by atoms with E-state index >= 15 is 0 Å². The molecule has 2 aromatic heterocycles. The van der Waals surface area contributed by atoms with Gasteiger partial charge in [0.2, 0.25) is 0 Å². The van der Waals surface area contributed by atoms with Crippen molar-refractivity contribution in [1.29, 1.82) is 0 Å². The highest BCUT2D eigenvalue weighted by molar-refractivity contribution is 7.28. The van der Waals surface area contributed by atoms with Crippen LogP contribution in [0.5, 0.6) is 0 Å². The molecule has 1 amide bonds. The average molecular weight is 481 g/mol. The second-order valence-electron chi connectivity index (χ2n) is 8.24. The smallest absolute Gasteiger partial charge is 0.263 e. The van der Waals surface area contributed by atoms with Crippen molar-refractivity contribution < 1.29 is 9.53 Å². The van der Waals surface area contributed by atoms with E-state index in [1.165, 1.54) is 6.20 Å². The summed E-state index contributed by atoms with van der Waals surface area (Å²) in [7, 11) is 5.44. The number of H-pyrrole nitrogens is 1. The minimum absolute atomic E-state index is 0.0203. The normalized spacial score (nSPS) is 16.0. The largest absolute Gasteiger partial charge is 0.378 e. The lowest BCUT2D eigenvalue weighted by atomic mass is 10.0.